The van der Waals surface area contributed by atoms with Gasteiger partial charge in [0.25, 0.3) is 0 Å². The van der Waals surface area contributed by atoms with Crippen LogP contribution in [0.1, 0.15) is 6.92 Å². The Morgan fingerprint density at radius 1 is 1.45 bits per heavy atom. The van der Waals surface area contributed by atoms with Gasteiger partial charge in [-0.3, -0.25) is 4.79 Å². The van der Waals surface area contributed by atoms with Crippen LogP contribution in [0.3, 0.4) is 0 Å². The number of hydrogen-bond acceptors (Lipinski definition) is 1. The molecule has 54 valence electrons. The van der Waals surface area contributed by atoms with Crippen molar-refractivity contribution in [3.05, 3.63) is 36.0 Å². The summed E-state index contributed by atoms with van der Waals surface area (Å²) in [6, 6.07) is 0. The topological polar surface area (TPSA) is 17.1 Å². The molecule has 0 radical (unpaired) electrons. The molecule has 11 heavy (non-hydrogen) atoms. The Morgan fingerprint density at radius 2 is 2.18 bits per heavy atom. The molecule has 0 N–H and O–H groups in total. The molecule has 0 fully saturated rings. The molecule has 0 bridgehead atoms. The van der Waals surface area contributed by atoms with Gasteiger partial charge in [-0.1, -0.05) is 18.6 Å². The molecule has 0 amide bonds. The van der Waals surface area contributed by atoms with Gasteiger partial charge in [-0.15, -0.1) is 5.92 Å². The molecule has 0 aliphatic heterocycles. The summed E-state index contributed by atoms with van der Waals surface area (Å²) in [5, 5.41) is 0. The fourth-order valence-electron chi connectivity index (χ4n) is 0.809. The average molecular weight is 144 g/mol. The smallest absolute Gasteiger partial charge is 0.194 e. The molecule has 0 spiro atoms. The predicted molar refractivity (Wildman–Crippen MR) is 44.8 cm³/mol. The maximum atomic E-state index is 11.0. The van der Waals surface area contributed by atoms with Crippen molar-refractivity contribution in [1.82, 2.24) is 0 Å². The van der Waals surface area contributed by atoms with Crippen LogP contribution in [0.2, 0.25) is 0 Å². The van der Waals surface area contributed by atoms with Crippen molar-refractivity contribution < 1.29 is 4.79 Å². The lowest BCUT2D eigenvalue weighted by Crippen LogP contribution is -2.00. The van der Waals surface area contributed by atoms with Gasteiger partial charge in [0.1, 0.15) is 0 Å². The van der Waals surface area contributed by atoms with Gasteiger partial charge in [0.05, 0.1) is 5.57 Å². The highest BCUT2D eigenvalue weighted by molar-refractivity contribution is 6.09. The first-order valence-corrected chi connectivity index (χ1v) is 3.30. The monoisotopic (exact) mass is 144 g/mol. The SMILES string of the molecule is C=C1C=CC(=O)C(C#CC)=C1. The van der Waals surface area contributed by atoms with E-state index in [-0.39, 0.29) is 5.78 Å². The second kappa shape index (κ2) is 3.03. The largest absolute Gasteiger partial charge is 0.289 e. The van der Waals surface area contributed by atoms with E-state index in [1.807, 2.05) is 0 Å². The number of rotatable bonds is 0. The van der Waals surface area contributed by atoms with E-state index in [0.717, 1.165) is 5.57 Å². The van der Waals surface area contributed by atoms with Crippen molar-refractivity contribution in [2.45, 2.75) is 6.92 Å². The second-order valence-electron chi connectivity index (χ2n) is 2.21. The number of carbonyl (C=O) groups is 1. The minimum absolute atomic E-state index is 0.0354. The molecule has 0 saturated heterocycles. The number of allylic oxidation sites excluding steroid dienone is 5. The molecule has 0 heterocycles. The Hall–Kier alpha value is -1.55. The highest BCUT2D eigenvalue weighted by Gasteiger charge is 2.06. The first-order chi connectivity index (χ1) is 5.24. The molecular formula is C10H8O. The zero-order valence-corrected chi connectivity index (χ0v) is 6.35. The zero-order chi connectivity index (χ0) is 8.27. The van der Waals surface area contributed by atoms with E-state index in [1.54, 1.807) is 19.1 Å². The molecule has 0 aromatic carbocycles. The van der Waals surface area contributed by atoms with Crippen LogP contribution >= 0.6 is 0 Å². The van der Waals surface area contributed by atoms with Crippen LogP contribution < -0.4 is 0 Å². The standard InChI is InChI=1S/C10H8O/c1-3-4-9-7-8(2)5-6-10(9)11/h5-7H,2H2,1H3. The Kier molecular flexibility index (Phi) is 2.08. The summed E-state index contributed by atoms with van der Waals surface area (Å²) in [4.78, 5) is 11.0. The zero-order valence-electron chi connectivity index (χ0n) is 6.35. The molecule has 0 atom stereocenters. The molecule has 1 aliphatic rings. The fraction of sp³-hybridized carbons (Fsp3) is 0.100. The summed E-state index contributed by atoms with van der Waals surface area (Å²) in [7, 11) is 0. The lowest BCUT2D eigenvalue weighted by molar-refractivity contribution is -0.111. The van der Waals surface area contributed by atoms with Crippen LogP contribution in [-0.4, -0.2) is 5.78 Å². The summed E-state index contributed by atoms with van der Waals surface area (Å²) >= 11 is 0. The third-order valence-electron chi connectivity index (χ3n) is 1.30. The first-order valence-electron chi connectivity index (χ1n) is 3.30. The molecule has 1 nitrogen and oxygen atoms in total. The van der Waals surface area contributed by atoms with Crippen molar-refractivity contribution in [2.24, 2.45) is 0 Å². The third kappa shape index (κ3) is 1.68. The summed E-state index contributed by atoms with van der Waals surface area (Å²) in [5.41, 5.74) is 1.35. The van der Waals surface area contributed by atoms with Crippen molar-refractivity contribution in [3.8, 4) is 11.8 Å². The summed E-state index contributed by atoms with van der Waals surface area (Å²) < 4.78 is 0. The lowest BCUT2D eigenvalue weighted by Gasteiger charge is -2.00. The molecule has 0 aromatic rings. The Balaban J connectivity index is 3.00. The van der Waals surface area contributed by atoms with Crippen LogP contribution in [0.4, 0.5) is 0 Å². The van der Waals surface area contributed by atoms with Crippen molar-refractivity contribution in [3.63, 3.8) is 0 Å². The second-order valence-corrected chi connectivity index (χ2v) is 2.21. The molecule has 0 unspecified atom stereocenters. The van der Waals surface area contributed by atoms with Gasteiger partial charge in [-0.2, -0.15) is 0 Å². The fourth-order valence-corrected chi connectivity index (χ4v) is 0.809. The first kappa shape index (κ1) is 7.56. The summed E-state index contributed by atoms with van der Waals surface area (Å²) in [5.74, 6) is 5.35. The third-order valence-corrected chi connectivity index (χ3v) is 1.30. The van der Waals surface area contributed by atoms with Crippen LogP contribution in [0.15, 0.2) is 36.0 Å². The summed E-state index contributed by atoms with van der Waals surface area (Å²) in [6.45, 7) is 5.40. The van der Waals surface area contributed by atoms with Crippen molar-refractivity contribution >= 4 is 5.78 Å². The molecule has 0 saturated carbocycles. The molecular weight excluding hydrogens is 136 g/mol. The van der Waals surface area contributed by atoms with E-state index in [1.165, 1.54) is 6.08 Å². The van der Waals surface area contributed by atoms with Crippen LogP contribution in [0.25, 0.3) is 0 Å². The Labute approximate surface area is 66.1 Å². The number of hydrogen-bond donors (Lipinski definition) is 0. The average Bonchev–Trinajstić information content (AvgIpc) is 1.98. The highest BCUT2D eigenvalue weighted by atomic mass is 16.1. The van der Waals surface area contributed by atoms with E-state index >= 15 is 0 Å². The minimum Gasteiger partial charge on any atom is -0.289 e. The van der Waals surface area contributed by atoms with Gasteiger partial charge in [-0.25, -0.2) is 0 Å². The van der Waals surface area contributed by atoms with Gasteiger partial charge in [0.2, 0.25) is 0 Å². The maximum Gasteiger partial charge on any atom is 0.194 e. The van der Waals surface area contributed by atoms with Gasteiger partial charge >= 0.3 is 0 Å². The van der Waals surface area contributed by atoms with Gasteiger partial charge < -0.3 is 0 Å². The minimum atomic E-state index is -0.0354. The molecule has 1 heteroatoms. The van der Waals surface area contributed by atoms with E-state index in [2.05, 4.69) is 18.4 Å². The van der Waals surface area contributed by atoms with Crippen molar-refractivity contribution in [2.75, 3.05) is 0 Å². The molecule has 1 aliphatic carbocycles. The van der Waals surface area contributed by atoms with E-state index in [4.69, 9.17) is 0 Å². The number of carbonyl (C=O) groups excluding carboxylic acids is 1. The van der Waals surface area contributed by atoms with Crippen LogP contribution in [0.5, 0.6) is 0 Å². The lowest BCUT2D eigenvalue weighted by atomic mass is 10.0. The van der Waals surface area contributed by atoms with Gasteiger partial charge in [0.15, 0.2) is 5.78 Å². The van der Waals surface area contributed by atoms with E-state index in [0.29, 0.717) is 5.57 Å². The Morgan fingerprint density at radius 3 is 2.82 bits per heavy atom. The van der Waals surface area contributed by atoms with Crippen LogP contribution in [-0.2, 0) is 4.79 Å². The predicted octanol–water partition coefficient (Wildman–Crippen LogP) is 1.63. The highest BCUT2D eigenvalue weighted by Crippen LogP contribution is 2.09. The summed E-state index contributed by atoms with van der Waals surface area (Å²) in [6.07, 6.45) is 4.87. The molecule has 0 aromatic heterocycles. The van der Waals surface area contributed by atoms with Crippen molar-refractivity contribution in [1.29, 1.82) is 0 Å². The maximum absolute atomic E-state index is 11.0. The van der Waals surface area contributed by atoms with Crippen LogP contribution in [0, 0.1) is 11.8 Å². The number of ketones is 1. The molecule has 1 rings (SSSR count). The van der Waals surface area contributed by atoms with E-state index < -0.39 is 0 Å². The normalized spacial score (nSPS) is 15.5. The van der Waals surface area contributed by atoms with E-state index in [9.17, 15) is 4.79 Å². The Bertz CT molecular complexity index is 319. The quantitative estimate of drug-likeness (QED) is 0.472. The van der Waals surface area contributed by atoms with Gasteiger partial charge in [0, 0.05) is 0 Å². The van der Waals surface area contributed by atoms with Gasteiger partial charge in [-0.05, 0) is 24.6 Å².